The Hall–Kier alpha value is -7.53. The molecule has 18 atom stereocenters. The molecule has 0 spiro atoms. The molecule has 0 radical (unpaired) electrons. The fourth-order valence-corrected chi connectivity index (χ4v) is 14.8. The van der Waals surface area contributed by atoms with Crippen LogP contribution in [0.15, 0.2) is 72.9 Å². The van der Waals surface area contributed by atoms with Crippen LogP contribution in [0.3, 0.4) is 0 Å². The molecule has 0 saturated heterocycles. The first-order chi connectivity index (χ1) is 63.6. The molecule has 808 valence electrons. The average molecular weight is 2050 g/mol. The Balaban J connectivity index is 0.000000846. The summed E-state index contributed by atoms with van der Waals surface area (Å²) in [6, 6.07) is 0. The van der Waals surface area contributed by atoms with Crippen molar-refractivity contribution in [3.05, 3.63) is 72.9 Å². The van der Waals surface area contributed by atoms with Crippen LogP contribution in [0, 0.1) is 0 Å². The zero-order valence-corrected chi connectivity index (χ0v) is 92.2. The molecule has 35 nitrogen and oxygen atoms in total. The van der Waals surface area contributed by atoms with Gasteiger partial charge in [0.15, 0.2) is 0 Å². The number of alkyl carbamates (subject to hydrolysis) is 4. The lowest BCUT2D eigenvalue weighted by molar-refractivity contribution is -0.0809. The molecule has 6 aliphatic rings. The topological polar surface area (TPSA) is 490 Å². The smallest absolute Gasteiger partial charge is 0.450 e. The minimum absolute atomic E-state index is 0.121. The third-order valence-corrected chi connectivity index (χ3v) is 20.9. The van der Waals surface area contributed by atoms with E-state index >= 15 is 0 Å². The Morgan fingerprint density at radius 1 is 0.229 bits per heavy atom. The molecule has 0 aromatic carbocycles. The van der Waals surface area contributed by atoms with Gasteiger partial charge in [0.25, 0.3) is 0 Å². The number of carbonyl (C=O) groups excluding carboxylic acids is 10. The third kappa shape index (κ3) is 74.4. The molecule has 140 heavy (non-hydrogen) atoms. The molecule has 0 aromatic rings. The third-order valence-electron chi connectivity index (χ3n) is 18.3. The van der Waals surface area contributed by atoms with E-state index in [-0.39, 0.29) is 59.3 Å². The molecular weight excluding hydrogens is 1870 g/mol. The maximum atomic E-state index is 12.2. The lowest BCUT2D eigenvalue weighted by Crippen LogP contribution is -2.43. The largest absolute Gasteiger partial charge is 0.509 e. The minimum Gasteiger partial charge on any atom is -0.450 e. The first kappa shape index (κ1) is 130. The van der Waals surface area contributed by atoms with Crippen molar-refractivity contribution in [2.75, 3.05) is 0 Å². The summed E-state index contributed by atoms with van der Waals surface area (Å²) in [5.74, 6) is 0. The minimum atomic E-state index is -0.806. The van der Waals surface area contributed by atoms with E-state index in [4.69, 9.17) is 66.3 Å². The van der Waals surface area contributed by atoms with E-state index in [0.717, 1.165) is 35.3 Å². The molecule has 0 aromatic heterocycles. The number of hydrogen-bond acceptors (Lipinski definition) is 34. The van der Waals surface area contributed by atoms with E-state index in [0.29, 0.717) is 109 Å². The van der Waals surface area contributed by atoms with Gasteiger partial charge in [0, 0.05) is 74.9 Å². The fourth-order valence-electron chi connectivity index (χ4n) is 12.8. The lowest BCUT2D eigenvalue weighted by Gasteiger charge is -2.32. The summed E-state index contributed by atoms with van der Waals surface area (Å²) in [6.45, 7) is 61.7. The predicted octanol–water partition coefficient (Wildman–Crippen LogP) is 20.7. The van der Waals surface area contributed by atoms with Crippen LogP contribution >= 0.6 is 35.3 Å². The lowest BCUT2D eigenvalue weighted by atomic mass is 9.98. The van der Waals surface area contributed by atoms with Crippen molar-refractivity contribution in [1.29, 1.82) is 0 Å². The Labute approximate surface area is 846 Å². The summed E-state index contributed by atoms with van der Waals surface area (Å²) in [7, 11) is 0. The summed E-state index contributed by atoms with van der Waals surface area (Å²) in [5.41, 5.74) is -3.81. The van der Waals surface area contributed by atoms with Crippen LogP contribution in [-0.4, -0.2) is 263 Å². The SMILES string of the molecule is CC(C)(C)NC(=O)OC1/C=C/C(OC(=O)NC(C)(C)C)CC(O)CC1.CC(C)(C)NC(=O)OC1/C=C/C(OC(=O)NC(C)(C)C)CC(OC(C)(C)C)CC1.CC(C)(C)OC(=O)OC1/C=C/C(O)CCC(O)C1.CC(C)(C)OC(=O)OC1/C=C/C(OC(=O)OC(C)(C)C)CC(O)CC1.CC(C)(C)SC(=O)OC1/C=C/C(O)CCC(O)C1.CC(C)(C)SC(=O)OC1/C=C/C(OC(=O)SC(C)(C)C)CC(O)CC1. The van der Waals surface area contributed by atoms with Gasteiger partial charge in [0.2, 0.25) is 0 Å². The summed E-state index contributed by atoms with van der Waals surface area (Å²) < 4.78 is 74.5. The molecule has 0 aliphatic heterocycles. The van der Waals surface area contributed by atoms with Gasteiger partial charge in [-0.25, -0.2) is 47.9 Å². The molecule has 6 aliphatic carbocycles. The van der Waals surface area contributed by atoms with Gasteiger partial charge in [0.05, 0.1) is 54.4 Å². The highest BCUT2D eigenvalue weighted by atomic mass is 32.2. The van der Waals surface area contributed by atoms with Gasteiger partial charge in [-0.1, -0.05) is 74.5 Å². The second kappa shape index (κ2) is 59.8. The highest BCUT2D eigenvalue weighted by molar-refractivity contribution is 8.14. The normalized spacial score (nSPS) is 27.1. The van der Waals surface area contributed by atoms with Crippen LogP contribution < -0.4 is 21.3 Å². The van der Waals surface area contributed by atoms with Gasteiger partial charge in [-0.15, -0.1) is 0 Å². The van der Waals surface area contributed by atoms with Crippen molar-refractivity contribution in [3.63, 3.8) is 0 Å². The monoisotopic (exact) mass is 2050 g/mol. The quantitative estimate of drug-likeness (QED) is 0.0520. The Morgan fingerprint density at radius 3 is 0.671 bits per heavy atom. The van der Waals surface area contributed by atoms with Crippen LogP contribution in [0.25, 0.3) is 0 Å². The van der Waals surface area contributed by atoms with Crippen LogP contribution in [0.2, 0.25) is 0 Å². The number of amides is 4. The molecule has 38 heteroatoms. The molecular formula is C102H176N4O31S3. The van der Waals surface area contributed by atoms with Gasteiger partial charge in [-0.3, -0.25) is 0 Å². The first-order valence-corrected chi connectivity index (χ1v) is 50.9. The molecule has 0 bridgehead atoms. The zero-order valence-electron chi connectivity index (χ0n) is 89.7. The highest BCUT2D eigenvalue weighted by Gasteiger charge is 2.36. The second-order valence-electron chi connectivity index (χ2n) is 46.4. The fraction of sp³-hybridized carbons (Fsp3) is 0.784. The summed E-state index contributed by atoms with van der Waals surface area (Å²) in [6.07, 6.45) is 14.8. The number of aliphatic hydroxyl groups is 7. The highest BCUT2D eigenvalue weighted by Crippen LogP contribution is 2.33. The van der Waals surface area contributed by atoms with Gasteiger partial charge in [-0.2, -0.15) is 0 Å². The Bertz CT molecular complexity index is 3670. The Kier molecular flexibility index (Phi) is 55.7. The number of carbonyl (C=O) groups is 10. The number of rotatable bonds is 11. The molecule has 11 N–H and O–H groups in total. The second-order valence-corrected chi connectivity index (χ2v) is 51.7. The number of nitrogens with one attached hydrogen (secondary N) is 4. The van der Waals surface area contributed by atoms with Crippen LogP contribution in [0.4, 0.5) is 47.9 Å². The van der Waals surface area contributed by atoms with Crippen LogP contribution in [-0.2, 0) is 66.3 Å². The van der Waals surface area contributed by atoms with E-state index in [1.165, 1.54) is 0 Å². The summed E-state index contributed by atoms with van der Waals surface area (Å²) >= 11 is 3.38. The zero-order chi connectivity index (χ0) is 108. The first-order valence-electron chi connectivity index (χ1n) is 48.4. The van der Waals surface area contributed by atoms with Gasteiger partial charge < -0.3 is 123 Å². The van der Waals surface area contributed by atoms with Crippen molar-refractivity contribution >= 4 is 94.0 Å². The maximum Gasteiger partial charge on any atom is 0.509 e. The van der Waals surface area contributed by atoms with Crippen molar-refractivity contribution in [1.82, 2.24) is 21.3 Å². The molecule has 6 rings (SSSR count). The molecule has 0 fully saturated rings. The number of hydrogen-bond donors (Lipinski definition) is 11. The van der Waals surface area contributed by atoms with Crippen molar-refractivity contribution in [2.45, 2.75) is 513 Å². The number of aliphatic hydroxyl groups excluding tert-OH is 7. The number of ether oxygens (including phenoxy) is 14. The van der Waals surface area contributed by atoms with E-state index in [1.807, 2.05) is 166 Å². The molecule has 18 unspecified atom stereocenters. The Morgan fingerprint density at radius 2 is 0.421 bits per heavy atom. The summed E-state index contributed by atoms with van der Waals surface area (Å²) in [5, 5.41) is 78.6. The van der Waals surface area contributed by atoms with E-state index in [2.05, 4.69) is 21.3 Å². The van der Waals surface area contributed by atoms with E-state index < -0.39 is 174 Å². The van der Waals surface area contributed by atoms with E-state index in [9.17, 15) is 83.7 Å². The molecule has 4 amide bonds. The van der Waals surface area contributed by atoms with Crippen molar-refractivity contribution < 1.29 is 150 Å². The predicted molar refractivity (Wildman–Crippen MR) is 543 cm³/mol. The maximum absolute atomic E-state index is 12.2. The molecule has 0 heterocycles. The summed E-state index contributed by atoms with van der Waals surface area (Å²) in [4.78, 5) is 119. The van der Waals surface area contributed by atoms with Crippen molar-refractivity contribution in [2.24, 2.45) is 0 Å². The van der Waals surface area contributed by atoms with Crippen LogP contribution in [0.1, 0.15) is 344 Å². The van der Waals surface area contributed by atoms with Gasteiger partial charge in [-0.05, 0) is 339 Å². The van der Waals surface area contributed by atoms with Gasteiger partial charge in [0.1, 0.15) is 77.8 Å². The standard InChI is InChI=1S/C22H40N2O5.C18H32N2O5.C18H30O7.C18H30O5S2.C13H22O5.C13H22O4S/c1-20(2,3)23-18(25)27-15-10-12-16(28-19(26)24-21(4,5)6)14-17(13-11-15)29-22(7,8)9;1-17(2,3)19-15(22)24-13-8-7-12(21)11-14(10-9-13)25-16(23)20-18(4,5)6;2*1-17(2,3)24-15(20)22-13-8-7-12(19)11-14(10-9-13)23-16(21)25-18(4,5)6;2*1-13(2,3)18-12(16)17-11-7-6-9(14)4-5-10(15)8-11/h10,12,15-17H,11,13-14H2,1-9H3,(H,23,25)(H,24,26);9-10,12-14,21H,7-8,11H2,1-6H3,(H,19,22)(H,20,23);2*9-10,12-14,19H,7-8,11H2,1-6H3;2*6-7,9-11,14-15H,4-5,8H2,1-3H3/b12-10+;3*10-9+;2*7-6+. The number of thioether (sulfide) groups is 3. The van der Waals surface area contributed by atoms with Gasteiger partial charge >= 0.3 is 58.7 Å². The van der Waals surface area contributed by atoms with Crippen molar-refractivity contribution in [3.8, 4) is 0 Å². The molecule has 0 saturated carbocycles. The average Bonchev–Trinajstić information content (AvgIpc) is 0.892. The van der Waals surface area contributed by atoms with Crippen LogP contribution in [0.5, 0.6) is 0 Å². The van der Waals surface area contributed by atoms with E-state index in [1.54, 1.807) is 135 Å².